The molecule has 0 aromatic heterocycles. The number of carbonyl (C=O) groups is 2. The van der Waals surface area contributed by atoms with Crippen LogP contribution in [0.1, 0.15) is 5.56 Å². The molecule has 1 aliphatic heterocycles. The number of aromatic hydroxyl groups is 3. The monoisotopic (exact) mass is 327 g/mol. The molecule has 3 N–H and O–H groups in total. The summed E-state index contributed by atoms with van der Waals surface area (Å²) in [5.41, 5.74) is 0.853. The summed E-state index contributed by atoms with van der Waals surface area (Å²) in [4.78, 5) is 25.4. The number of amides is 1. The number of benzene rings is 2. The molecular weight excluding hydrogens is 314 g/mol. The molecule has 1 amide bonds. The highest BCUT2D eigenvalue weighted by Crippen LogP contribution is 2.48. The molecule has 7 nitrogen and oxygen atoms in total. The summed E-state index contributed by atoms with van der Waals surface area (Å²) in [7, 11) is 1.20. The molecular formula is C17H13NO6. The Bertz CT molecular complexity index is 887. The average Bonchev–Trinajstić information content (AvgIpc) is 2.83. The van der Waals surface area contributed by atoms with Gasteiger partial charge in [0.25, 0.3) is 5.91 Å². The van der Waals surface area contributed by atoms with Crippen LogP contribution in [0.25, 0.3) is 5.57 Å². The van der Waals surface area contributed by atoms with E-state index in [1.54, 1.807) is 24.3 Å². The zero-order chi connectivity index (χ0) is 17.4. The first-order valence-electron chi connectivity index (χ1n) is 6.92. The van der Waals surface area contributed by atoms with Crippen molar-refractivity contribution in [3.05, 3.63) is 48.0 Å². The second-order valence-electron chi connectivity index (χ2n) is 5.07. The number of phenolic OH excluding ortho intramolecular Hbond substituents is 3. The van der Waals surface area contributed by atoms with Crippen LogP contribution in [0, 0.1) is 0 Å². The first kappa shape index (κ1) is 15.4. The van der Waals surface area contributed by atoms with E-state index in [1.165, 1.54) is 7.11 Å². The average molecular weight is 327 g/mol. The Morgan fingerprint density at radius 2 is 1.83 bits per heavy atom. The molecule has 0 spiro atoms. The van der Waals surface area contributed by atoms with Crippen LogP contribution in [-0.2, 0) is 14.3 Å². The molecule has 1 aliphatic rings. The van der Waals surface area contributed by atoms with Crippen LogP contribution >= 0.6 is 0 Å². The molecule has 7 heteroatoms. The van der Waals surface area contributed by atoms with Crippen molar-refractivity contribution in [2.24, 2.45) is 0 Å². The number of methoxy groups -OCH3 is 1. The molecule has 2 aromatic carbocycles. The van der Waals surface area contributed by atoms with E-state index in [2.05, 4.69) is 4.74 Å². The third-order valence-corrected chi connectivity index (χ3v) is 3.63. The summed E-state index contributed by atoms with van der Waals surface area (Å²) < 4.78 is 4.56. The SMILES string of the molecule is COC(=O)C=C1C(=O)N(c2cc(O)cc(O)c2O)c2ccccc21. The van der Waals surface area contributed by atoms with Crippen LogP contribution in [0.15, 0.2) is 42.5 Å². The first-order chi connectivity index (χ1) is 11.4. The summed E-state index contributed by atoms with van der Waals surface area (Å²) in [6, 6.07) is 8.73. The number of esters is 1. The quantitative estimate of drug-likeness (QED) is 0.337. The van der Waals surface area contributed by atoms with Crippen molar-refractivity contribution < 1.29 is 29.6 Å². The van der Waals surface area contributed by atoms with Gasteiger partial charge in [-0.05, 0) is 6.07 Å². The Morgan fingerprint density at radius 3 is 2.54 bits per heavy atom. The lowest BCUT2D eigenvalue weighted by atomic mass is 10.1. The number of phenols is 3. The predicted octanol–water partition coefficient (Wildman–Crippen LogP) is 2.04. The number of ether oxygens (including phenoxy) is 1. The Kier molecular flexibility index (Phi) is 3.61. The van der Waals surface area contributed by atoms with Gasteiger partial charge in [0.05, 0.1) is 24.1 Å². The molecule has 2 aromatic rings. The Morgan fingerprint density at radius 1 is 1.12 bits per heavy atom. The highest BCUT2D eigenvalue weighted by molar-refractivity contribution is 6.37. The second kappa shape index (κ2) is 5.62. The molecule has 122 valence electrons. The minimum Gasteiger partial charge on any atom is -0.508 e. The van der Waals surface area contributed by atoms with Crippen LogP contribution in [0.2, 0.25) is 0 Å². The molecule has 0 fully saturated rings. The first-order valence-corrected chi connectivity index (χ1v) is 6.92. The van der Waals surface area contributed by atoms with Gasteiger partial charge in [0.1, 0.15) is 5.75 Å². The smallest absolute Gasteiger partial charge is 0.331 e. The Balaban J connectivity index is 2.23. The fourth-order valence-corrected chi connectivity index (χ4v) is 2.56. The van der Waals surface area contributed by atoms with Crippen LogP contribution < -0.4 is 4.90 Å². The minimum absolute atomic E-state index is 0.0830. The van der Waals surface area contributed by atoms with Gasteiger partial charge in [0, 0.05) is 23.8 Å². The van der Waals surface area contributed by atoms with E-state index in [4.69, 9.17) is 0 Å². The van der Waals surface area contributed by atoms with Gasteiger partial charge in [-0.15, -0.1) is 0 Å². The lowest BCUT2D eigenvalue weighted by Gasteiger charge is -2.19. The van der Waals surface area contributed by atoms with E-state index in [1.807, 2.05) is 0 Å². The highest BCUT2D eigenvalue weighted by atomic mass is 16.5. The van der Waals surface area contributed by atoms with Crippen molar-refractivity contribution in [2.75, 3.05) is 12.0 Å². The van der Waals surface area contributed by atoms with Crippen LogP contribution in [0.4, 0.5) is 11.4 Å². The molecule has 0 saturated heterocycles. The third kappa shape index (κ3) is 2.32. The van der Waals surface area contributed by atoms with Crippen LogP contribution in [0.5, 0.6) is 17.2 Å². The number of hydrogen-bond acceptors (Lipinski definition) is 6. The Labute approximate surface area is 136 Å². The van der Waals surface area contributed by atoms with E-state index in [-0.39, 0.29) is 17.0 Å². The third-order valence-electron chi connectivity index (χ3n) is 3.63. The van der Waals surface area contributed by atoms with Crippen LogP contribution in [-0.4, -0.2) is 34.3 Å². The molecule has 24 heavy (non-hydrogen) atoms. The van der Waals surface area contributed by atoms with E-state index < -0.39 is 23.4 Å². The predicted molar refractivity (Wildman–Crippen MR) is 85.0 cm³/mol. The van der Waals surface area contributed by atoms with Gasteiger partial charge < -0.3 is 20.1 Å². The standard InChI is InChI=1S/C17H13NO6/c1-24-15(21)8-11-10-4-2-3-5-12(10)18(17(11)23)13-6-9(19)7-14(20)16(13)22/h2-8,19-20,22H,1H3. The maximum absolute atomic E-state index is 12.8. The number of hydrogen-bond donors (Lipinski definition) is 3. The second-order valence-corrected chi connectivity index (χ2v) is 5.07. The summed E-state index contributed by atoms with van der Waals surface area (Å²) in [5, 5.41) is 29.4. The molecule has 0 atom stereocenters. The van der Waals surface area contributed by atoms with Gasteiger partial charge in [0.2, 0.25) is 0 Å². The van der Waals surface area contributed by atoms with Crippen molar-refractivity contribution in [1.29, 1.82) is 0 Å². The van der Waals surface area contributed by atoms with E-state index >= 15 is 0 Å². The van der Waals surface area contributed by atoms with Gasteiger partial charge in [-0.1, -0.05) is 18.2 Å². The number of rotatable bonds is 2. The van der Waals surface area contributed by atoms with Gasteiger partial charge in [-0.2, -0.15) is 0 Å². The van der Waals surface area contributed by atoms with Crippen molar-refractivity contribution in [3.63, 3.8) is 0 Å². The number of carbonyl (C=O) groups excluding carboxylic acids is 2. The maximum Gasteiger partial charge on any atom is 0.331 e. The van der Waals surface area contributed by atoms with Crippen LogP contribution in [0.3, 0.4) is 0 Å². The Hall–Kier alpha value is -3.48. The zero-order valence-electron chi connectivity index (χ0n) is 12.6. The summed E-state index contributed by atoms with van der Waals surface area (Å²) >= 11 is 0. The van der Waals surface area contributed by atoms with Crippen molar-refractivity contribution in [2.45, 2.75) is 0 Å². The normalized spacial score (nSPS) is 14.8. The molecule has 0 saturated carbocycles. The van der Waals surface area contributed by atoms with Gasteiger partial charge in [-0.25, -0.2) is 4.79 Å². The van der Waals surface area contributed by atoms with E-state index in [0.717, 1.165) is 23.1 Å². The van der Waals surface area contributed by atoms with Crippen molar-refractivity contribution >= 4 is 28.8 Å². The fraction of sp³-hybridized carbons (Fsp3) is 0.0588. The summed E-state index contributed by atoms with van der Waals surface area (Å²) in [5.74, 6) is -2.74. The zero-order valence-corrected chi connectivity index (χ0v) is 12.6. The largest absolute Gasteiger partial charge is 0.508 e. The highest BCUT2D eigenvalue weighted by Gasteiger charge is 2.36. The van der Waals surface area contributed by atoms with E-state index in [9.17, 15) is 24.9 Å². The molecule has 1 heterocycles. The van der Waals surface area contributed by atoms with E-state index in [0.29, 0.717) is 11.3 Å². The van der Waals surface area contributed by atoms with Gasteiger partial charge >= 0.3 is 5.97 Å². The van der Waals surface area contributed by atoms with Gasteiger partial charge in [-0.3, -0.25) is 9.69 Å². The lowest BCUT2D eigenvalue weighted by Crippen LogP contribution is -2.21. The number of anilines is 2. The summed E-state index contributed by atoms with van der Waals surface area (Å²) in [6.07, 6.45) is 1.06. The van der Waals surface area contributed by atoms with Crippen molar-refractivity contribution in [1.82, 2.24) is 0 Å². The molecule has 0 radical (unpaired) electrons. The molecule has 0 unspecified atom stereocenters. The minimum atomic E-state index is -0.696. The number of fused-ring (bicyclic) bond motifs is 1. The fourth-order valence-electron chi connectivity index (χ4n) is 2.56. The van der Waals surface area contributed by atoms with Gasteiger partial charge in [0.15, 0.2) is 11.5 Å². The summed E-state index contributed by atoms with van der Waals surface area (Å²) in [6.45, 7) is 0. The number of nitrogens with zero attached hydrogens (tertiary/aromatic N) is 1. The molecule has 0 bridgehead atoms. The topological polar surface area (TPSA) is 107 Å². The molecule has 0 aliphatic carbocycles. The van der Waals surface area contributed by atoms with Crippen molar-refractivity contribution in [3.8, 4) is 17.2 Å². The maximum atomic E-state index is 12.8. The molecule has 3 rings (SSSR count). The number of para-hydroxylation sites is 1. The lowest BCUT2D eigenvalue weighted by molar-refractivity contribution is -0.135.